The molecular weight excluding hydrogens is 254 g/mol. The van der Waals surface area contributed by atoms with Gasteiger partial charge in [0.1, 0.15) is 0 Å². The molecule has 0 saturated heterocycles. The fourth-order valence-electron chi connectivity index (χ4n) is 2.17. The molecule has 2 nitrogen and oxygen atoms in total. The van der Waals surface area contributed by atoms with Crippen LogP contribution in [0.1, 0.15) is 20.8 Å². The maximum Gasteiger partial charge on any atom is 0.203 e. The molecule has 3 aromatic rings. The van der Waals surface area contributed by atoms with Crippen LogP contribution in [0, 0.1) is 6.92 Å². The van der Waals surface area contributed by atoms with Crippen molar-refractivity contribution in [2.75, 3.05) is 5.73 Å². The molecule has 0 amide bonds. The maximum absolute atomic E-state index is 12.5. The van der Waals surface area contributed by atoms with Gasteiger partial charge in [0, 0.05) is 16.0 Å². The third-order valence-electron chi connectivity index (χ3n) is 3.14. The molecule has 0 aliphatic rings. The second kappa shape index (κ2) is 4.52. The van der Waals surface area contributed by atoms with Crippen LogP contribution in [0.5, 0.6) is 0 Å². The summed E-state index contributed by atoms with van der Waals surface area (Å²) in [5.41, 5.74) is 8.05. The first-order valence-electron chi connectivity index (χ1n) is 6.04. The van der Waals surface area contributed by atoms with Crippen LogP contribution in [0.3, 0.4) is 0 Å². The molecule has 0 bridgehead atoms. The van der Waals surface area contributed by atoms with E-state index in [9.17, 15) is 4.79 Å². The fraction of sp³-hybridized carbons (Fsp3) is 0.0625. The van der Waals surface area contributed by atoms with Crippen LogP contribution in [0.25, 0.3) is 10.1 Å². The molecule has 3 rings (SSSR count). The monoisotopic (exact) mass is 267 g/mol. The van der Waals surface area contributed by atoms with Gasteiger partial charge < -0.3 is 5.73 Å². The molecule has 0 saturated carbocycles. The first kappa shape index (κ1) is 11.9. The molecule has 19 heavy (non-hydrogen) atoms. The van der Waals surface area contributed by atoms with Crippen molar-refractivity contribution in [3.8, 4) is 0 Å². The number of aryl methyl sites for hydroxylation is 1. The lowest BCUT2D eigenvalue weighted by Crippen LogP contribution is -2.02. The van der Waals surface area contributed by atoms with E-state index < -0.39 is 0 Å². The van der Waals surface area contributed by atoms with Gasteiger partial charge in [-0.2, -0.15) is 0 Å². The van der Waals surface area contributed by atoms with Crippen LogP contribution in [0.15, 0.2) is 48.5 Å². The highest BCUT2D eigenvalue weighted by atomic mass is 32.1. The first-order chi connectivity index (χ1) is 9.15. The molecule has 0 aliphatic heterocycles. The molecule has 2 N–H and O–H groups in total. The number of carbonyl (C=O) groups excluding carboxylic acids is 1. The Balaban J connectivity index is 2.08. The number of nitrogens with two attached hydrogens (primary N) is 1. The molecule has 2 aromatic carbocycles. The van der Waals surface area contributed by atoms with Gasteiger partial charge in [0.05, 0.1) is 4.88 Å². The molecule has 94 valence electrons. The fourth-order valence-corrected chi connectivity index (χ4v) is 3.19. The van der Waals surface area contributed by atoms with Crippen molar-refractivity contribution in [3.63, 3.8) is 0 Å². The van der Waals surface area contributed by atoms with E-state index in [1.807, 2.05) is 43.3 Å². The highest BCUT2D eigenvalue weighted by molar-refractivity contribution is 7.21. The van der Waals surface area contributed by atoms with Gasteiger partial charge in [-0.25, -0.2) is 0 Å². The number of ketones is 1. The van der Waals surface area contributed by atoms with Crippen LogP contribution in [-0.2, 0) is 0 Å². The molecule has 1 aromatic heterocycles. The smallest absolute Gasteiger partial charge is 0.203 e. The Kier molecular flexibility index (Phi) is 2.84. The Bertz CT molecular complexity index is 740. The second-order valence-corrected chi connectivity index (χ2v) is 5.64. The van der Waals surface area contributed by atoms with E-state index in [0.717, 1.165) is 26.1 Å². The van der Waals surface area contributed by atoms with Gasteiger partial charge in [0.15, 0.2) is 0 Å². The highest BCUT2D eigenvalue weighted by Gasteiger charge is 2.14. The zero-order valence-corrected chi connectivity index (χ0v) is 11.3. The summed E-state index contributed by atoms with van der Waals surface area (Å²) >= 11 is 1.53. The third kappa shape index (κ3) is 2.13. The van der Waals surface area contributed by atoms with Crippen molar-refractivity contribution in [2.45, 2.75) is 6.92 Å². The number of rotatable bonds is 2. The van der Waals surface area contributed by atoms with Crippen LogP contribution in [-0.4, -0.2) is 5.78 Å². The number of benzene rings is 2. The Labute approximate surface area is 115 Å². The third-order valence-corrected chi connectivity index (χ3v) is 4.26. The Morgan fingerprint density at radius 1 is 1.11 bits per heavy atom. The summed E-state index contributed by atoms with van der Waals surface area (Å²) < 4.78 is 1.14. The van der Waals surface area contributed by atoms with Crippen molar-refractivity contribution in [2.24, 2.45) is 0 Å². The minimum absolute atomic E-state index is 0.0682. The van der Waals surface area contributed by atoms with E-state index in [2.05, 4.69) is 0 Å². The summed E-state index contributed by atoms with van der Waals surface area (Å²) in [5.74, 6) is 0.0682. The Morgan fingerprint density at radius 2 is 1.89 bits per heavy atom. The van der Waals surface area contributed by atoms with Gasteiger partial charge in [-0.05, 0) is 48.2 Å². The van der Waals surface area contributed by atoms with Gasteiger partial charge in [-0.3, -0.25) is 4.79 Å². The minimum atomic E-state index is 0.0682. The topological polar surface area (TPSA) is 43.1 Å². The van der Waals surface area contributed by atoms with E-state index in [-0.39, 0.29) is 5.78 Å². The lowest BCUT2D eigenvalue weighted by molar-refractivity contribution is 0.104. The number of carbonyl (C=O) groups is 1. The second-order valence-electron chi connectivity index (χ2n) is 4.55. The summed E-state index contributed by atoms with van der Waals surface area (Å²) in [6, 6.07) is 15.4. The van der Waals surface area contributed by atoms with Crippen LogP contribution in [0.4, 0.5) is 5.69 Å². The van der Waals surface area contributed by atoms with Gasteiger partial charge in [0.2, 0.25) is 5.78 Å². The van der Waals surface area contributed by atoms with Crippen molar-refractivity contribution >= 4 is 32.9 Å². The lowest BCUT2D eigenvalue weighted by atomic mass is 10.0. The van der Waals surface area contributed by atoms with Gasteiger partial charge in [-0.15, -0.1) is 11.3 Å². The number of hydrogen-bond acceptors (Lipinski definition) is 3. The van der Waals surface area contributed by atoms with Gasteiger partial charge in [0.25, 0.3) is 0 Å². The molecule has 0 fully saturated rings. The molecule has 1 heterocycles. The molecule has 0 spiro atoms. The van der Waals surface area contributed by atoms with Crippen molar-refractivity contribution in [1.29, 1.82) is 0 Å². The summed E-state index contributed by atoms with van der Waals surface area (Å²) in [6.45, 7) is 1.91. The molecule has 0 aliphatic carbocycles. The zero-order valence-electron chi connectivity index (χ0n) is 10.5. The first-order valence-corrected chi connectivity index (χ1v) is 6.86. The number of hydrogen-bond donors (Lipinski definition) is 1. The largest absolute Gasteiger partial charge is 0.399 e. The van der Waals surface area contributed by atoms with Crippen LogP contribution >= 0.6 is 11.3 Å². The van der Waals surface area contributed by atoms with Crippen molar-refractivity contribution < 1.29 is 4.79 Å². The van der Waals surface area contributed by atoms with Gasteiger partial charge in [-0.1, -0.05) is 18.2 Å². The highest BCUT2D eigenvalue weighted by Crippen LogP contribution is 2.28. The van der Waals surface area contributed by atoms with Crippen LogP contribution in [0.2, 0.25) is 0 Å². The maximum atomic E-state index is 12.5. The SMILES string of the molecule is Cc1cc(N)ccc1C(=O)c1cc2ccccc2s1. The van der Waals surface area contributed by atoms with E-state index in [4.69, 9.17) is 5.73 Å². The molecule has 0 atom stereocenters. The Morgan fingerprint density at radius 3 is 2.63 bits per heavy atom. The molecular formula is C16H13NOS. The van der Waals surface area contributed by atoms with Crippen LogP contribution < -0.4 is 5.73 Å². The average Bonchev–Trinajstić information content (AvgIpc) is 2.81. The lowest BCUT2D eigenvalue weighted by Gasteiger charge is -2.04. The summed E-state index contributed by atoms with van der Waals surface area (Å²) in [7, 11) is 0. The number of anilines is 1. The standard InChI is InChI=1S/C16H13NOS/c1-10-8-12(17)6-7-13(10)16(18)15-9-11-4-2-3-5-14(11)19-15/h2-9H,17H2,1H3. The Hall–Kier alpha value is -2.13. The summed E-state index contributed by atoms with van der Waals surface area (Å²) in [6.07, 6.45) is 0. The normalized spacial score (nSPS) is 10.8. The zero-order chi connectivity index (χ0) is 13.4. The van der Waals surface area contributed by atoms with E-state index in [1.54, 1.807) is 12.1 Å². The minimum Gasteiger partial charge on any atom is -0.399 e. The quantitative estimate of drug-likeness (QED) is 0.563. The number of fused-ring (bicyclic) bond motifs is 1. The van der Waals surface area contributed by atoms with E-state index in [1.165, 1.54) is 11.3 Å². The average molecular weight is 267 g/mol. The molecule has 0 radical (unpaired) electrons. The van der Waals surface area contributed by atoms with Crippen molar-refractivity contribution in [1.82, 2.24) is 0 Å². The summed E-state index contributed by atoms with van der Waals surface area (Å²) in [4.78, 5) is 13.3. The summed E-state index contributed by atoms with van der Waals surface area (Å²) in [5, 5.41) is 1.11. The predicted molar refractivity (Wildman–Crippen MR) is 80.8 cm³/mol. The van der Waals surface area contributed by atoms with E-state index >= 15 is 0 Å². The molecule has 3 heteroatoms. The predicted octanol–water partition coefficient (Wildman–Crippen LogP) is 4.02. The molecule has 0 unspecified atom stereocenters. The number of thiophene rings is 1. The van der Waals surface area contributed by atoms with Crippen molar-refractivity contribution in [3.05, 3.63) is 64.5 Å². The van der Waals surface area contributed by atoms with E-state index in [0.29, 0.717) is 5.69 Å². The van der Waals surface area contributed by atoms with Gasteiger partial charge >= 0.3 is 0 Å². The number of nitrogen functional groups attached to an aromatic ring is 1.